The van der Waals surface area contributed by atoms with E-state index in [0.29, 0.717) is 18.3 Å². The number of aliphatic imine (C=N–C) groups is 1. The molecule has 0 amide bonds. The van der Waals surface area contributed by atoms with E-state index in [4.69, 9.17) is 4.74 Å². The van der Waals surface area contributed by atoms with Crippen LogP contribution < -0.4 is 10.2 Å². The van der Waals surface area contributed by atoms with Crippen molar-refractivity contribution in [3.8, 4) is 0 Å². The fourth-order valence-electron chi connectivity index (χ4n) is 3.01. The van der Waals surface area contributed by atoms with Crippen LogP contribution >= 0.6 is 0 Å². The normalized spacial score (nSPS) is 16.4. The lowest BCUT2D eigenvalue weighted by Gasteiger charge is -2.34. The van der Waals surface area contributed by atoms with E-state index in [-0.39, 0.29) is 5.82 Å². The second kappa shape index (κ2) is 8.87. The number of guanidine groups is 1. The topological polar surface area (TPSA) is 40.1 Å². The van der Waals surface area contributed by atoms with Gasteiger partial charge in [-0.1, -0.05) is 6.07 Å². The van der Waals surface area contributed by atoms with E-state index in [9.17, 15) is 4.39 Å². The number of rotatable bonds is 5. The maximum atomic E-state index is 14.1. The Hall–Kier alpha value is -1.82. The van der Waals surface area contributed by atoms with Crippen LogP contribution in [0.25, 0.3) is 0 Å². The van der Waals surface area contributed by atoms with Gasteiger partial charge in [0.2, 0.25) is 0 Å². The molecule has 0 spiro atoms. The van der Waals surface area contributed by atoms with E-state index in [2.05, 4.69) is 15.2 Å². The Morgan fingerprint density at radius 2 is 2.08 bits per heavy atom. The average molecular weight is 336 g/mol. The van der Waals surface area contributed by atoms with E-state index in [1.165, 1.54) is 0 Å². The van der Waals surface area contributed by atoms with Crippen molar-refractivity contribution in [1.29, 1.82) is 0 Å². The van der Waals surface area contributed by atoms with Gasteiger partial charge in [-0.25, -0.2) is 4.39 Å². The van der Waals surface area contributed by atoms with Gasteiger partial charge < -0.3 is 19.9 Å². The molecule has 1 aliphatic heterocycles. The molecule has 134 valence electrons. The van der Waals surface area contributed by atoms with Crippen molar-refractivity contribution in [2.45, 2.75) is 32.4 Å². The first-order chi connectivity index (χ1) is 11.5. The fourth-order valence-corrected chi connectivity index (χ4v) is 3.01. The smallest absolute Gasteiger partial charge is 0.193 e. The number of halogens is 1. The number of anilines is 1. The highest BCUT2D eigenvalue weighted by Crippen LogP contribution is 2.18. The lowest BCUT2D eigenvalue weighted by Crippen LogP contribution is -2.46. The minimum atomic E-state index is -0.202. The molecule has 1 aliphatic rings. The summed E-state index contributed by atoms with van der Waals surface area (Å²) in [6.45, 7) is 5.22. The van der Waals surface area contributed by atoms with E-state index < -0.39 is 0 Å². The number of hydrogen-bond acceptors (Lipinski definition) is 3. The first-order valence-corrected chi connectivity index (χ1v) is 8.58. The third-order valence-corrected chi connectivity index (χ3v) is 4.30. The van der Waals surface area contributed by atoms with E-state index in [1.54, 1.807) is 18.0 Å². The Bertz CT molecular complexity index is 554. The Labute approximate surface area is 144 Å². The summed E-state index contributed by atoms with van der Waals surface area (Å²) in [5, 5.41) is 3.33. The quantitative estimate of drug-likeness (QED) is 0.662. The highest BCUT2D eigenvalue weighted by Gasteiger charge is 2.21. The molecule has 0 bridgehead atoms. The maximum absolute atomic E-state index is 14.1. The molecular formula is C18H29FN4O. The van der Waals surface area contributed by atoms with Gasteiger partial charge in [0, 0.05) is 47.4 Å². The first-order valence-electron chi connectivity index (χ1n) is 8.58. The van der Waals surface area contributed by atoms with Crippen molar-refractivity contribution in [1.82, 2.24) is 10.2 Å². The summed E-state index contributed by atoms with van der Waals surface area (Å²) >= 11 is 0. The standard InChI is InChI=1S/C18H29FN4O/c1-5-24-15-8-10-23(11-9-15)18(20-2)21-13-14-6-7-17(22(3)4)16(19)12-14/h6-7,12,15H,5,8-11,13H2,1-4H3,(H,20,21). The van der Waals surface area contributed by atoms with Crippen molar-refractivity contribution in [2.75, 3.05) is 45.7 Å². The Kier molecular flexibility index (Phi) is 6.85. The molecule has 0 unspecified atom stereocenters. The van der Waals surface area contributed by atoms with Crippen LogP contribution in [0.2, 0.25) is 0 Å². The molecule has 24 heavy (non-hydrogen) atoms. The molecule has 1 aromatic rings. The summed E-state index contributed by atoms with van der Waals surface area (Å²) in [6.07, 6.45) is 2.39. The van der Waals surface area contributed by atoms with Gasteiger partial charge >= 0.3 is 0 Å². The van der Waals surface area contributed by atoms with Gasteiger partial charge in [-0.15, -0.1) is 0 Å². The molecule has 0 aromatic heterocycles. The molecule has 1 N–H and O–H groups in total. The number of benzene rings is 1. The van der Waals surface area contributed by atoms with Crippen molar-refractivity contribution >= 4 is 11.6 Å². The number of piperidine rings is 1. The summed E-state index contributed by atoms with van der Waals surface area (Å²) in [6, 6.07) is 5.33. The molecule has 2 rings (SSSR count). The van der Waals surface area contributed by atoms with Gasteiger partial charge in [-0.05, 0) is 37.5 Å². The summed E-state index contributed by atoms with van der Waals surface area (Å²) in [5.41, 5.74) is 1.50. The van der Waals surface area contributed by atoms with Crippen LogP contribution in [-0.2, 0) is 11.3 Å². The number of hydrogen-bond donors (Lipinski definition) is 1. The molecule has 5 nitrogen and oxygen atoms in total. The van der Waals surface area contributed by atoms with Crippen molar-refractivity contribution in [3.05, 3.63) is 29.6 Å². The molecule has 0 aliphatic carbocycles. The predicted molar refractivity (Wildman–Crippen MR) is 97.1 cm³/mol. The number of nitrogens with one attached hydrogen (secondary N) is 1. The van der Waals surface area contributed by atoms with E-state index in [0.717, 1.165) is 44.1 Å². The zero-order valence-electron chi connectivity index (χ0n) is 15.2. The summed E-state index contributed by atoms with van der Waals surface area (Å²) in [4.78, 5) is 8.36. The SMILES string of the molecule is CCOC1CCN(C(=NC)NCc2ccc(N(C)C)c(F)c2)CC1. The molecule has 6 heteroatoms. The van der Waals surface area contributed by atoms with E-state index in [1.807, 2.05) is 33.2 Å². The third kappa shape index (κ3) is 4.84. The number of nitrogens with zero attached hydrogens (tertiary/aromatic N) is 3. The van der Waals surface area contributed by atoms with Gasteiger partial charge in [-0.3, -0.25) is 4.99 Å². The van der Waals surface area contributed by atoms with E-state index >= 15 is 0 Å². The zero-order valence-corrected chi connectivity index (χ0v) is 15.2. The molecule has 1 heterocycles. The Balaban J connectivity index is 1.89. The fraction of sp³-hybridized carbons (Fsp3) is 0.611. The molecule has 0 saturated carbocycles. The van der Waals surface area contributed by atoms with Crippen LogP contribution in [-0.4, -0.2) is 57.8 Å². The third-order valence-electron chi connectivity index (χ3n) is 4.30. The molecular weight excluding hydrogens is 307 g/mol. The summed E-state index contributed by atoms with van der Waals surface area (Å²) in [7, 11) is 5.46. The van der Waals surface area contributed by atoms with Crippen LogP contribution in [0.5, 0.6) is 0 Å². The molecule has 0 radical (unpaired) electrons. The van der Waals surface area contributed by atoms with Crippen LogP contribution in [0, 0.1) is 5.82 Å². The average Bonchev–Trinajstić information content (AvgIpc) is 2.57. The van der Waals surface area contributed by atoms with Gasteiger partial charge in [0.25, 0.3) is 0 Å². The van der Waals surface area contributed by atoms with Gasteiger partial charge in [0.1, 0.15) is 5.82 Å². The van der Waals surface area contributed by atoms with Gasteiger partial charge in [0.05, 0.1) is 11.8 Å². The van der Waals surface area contributed by atoms with Gasteiger partial charge in [0.15, 0.2) is 5.96 Å². The summed E-state index contributed by atoms with van der Waals surface area (Å²) in [5.74, 6) is 0.661. The lowest BCUT2D eigenvalue weighted by molar-refractivity contribution is 0.0263. The van der Waals surface area contributed by atoms with Gasteiger partial charge in [-0.2, -0.15) is 0 Å². The van der Waals surface area contributed by atoms with Crippen LogP contribution in [0.3, 0.4) is 0 Å². The minimum absolute atomic E-state index is 0.202. The highest BCUT2D eigenvalue weighted by molar-refractivity contribution is 5.80. The largest absolute Gasteiger partial charge is 0.378 e. The molecule has 1 saturated heterocycles. The lowest BCUT2D eigenvalue weighted by atomic mass is 10.1. The summed E-state index contributed by atoms with van der Waals surface area (Å²) < 4.78 is 19.7. The maximum Gasteiger partial charge on any atom is 0.193 e. The van der Waals surface area contributed by atoms with Crippen molar-refractivity contribution in [3.63, 3.8) is 0 Å². The monoisotopic (exact) mass is 336 g/mol. The Morgan fingerprint density at radius 3 is 2.62 bits per heavy atom. The van der Waals surface area contributed by atoms with Crippen molar-refractivity contribution in [2.24, 2.45) is 4.99 Å². The Morgan fingerprint density at radius 1 is 1.38 bits per heavy atom. The molecule has 0 atom stereocenters. The number of ether oxygens (including phenoxy) is 1. The first kappa shape index (κ1) is 18.5. The predicted octanol–water partition coefficient (Wildman–Crippen LogP) is 2.47. The molecule has 1 aromatic carbocycles. The number of likely N-dealkylation sites (tertiary alicyclic amines) is 1. The van der Waals surface area contributed by atoms with Crippen LogP contribution in [0.1, 0.15) is 25.3 Å². The highest BCUT2D eigenvalue weighted by atomic mass is 19.1. The zero-order chi connectivity index (χ0) is 17.5. The second-order valence-corrected chi connectivity index (χ2v) is 6.22. The molecule has 1 fully saturated rings. The van der Waals surface area contributed by atoms with Crippen molar-refractivity contribution < 1.29 is 9.13 Å². The van der Waals surface area contributed by atoms with Crippen LogP contribution in [0.15, 0.2) is 23.2 Å². The second-order valence-electron chi connectivity index (χ2n) is 6.22. The van der Waals surface area contributed by atoms with Crippen LogP contribution in [0.4, 0.5) is 10.1 Å². The minimum Gasteiger partial charge on any atom is -0.378 e.